The number of aryl methyl sites for hydroxylation is 1. The van der Waals surface area contributed by atoms with Crippen molar-refractivity contribution in [3.8, 4) is 5.75 Å². The summed E-state index contributed by atoms with van der Waals surface area (Å²) in [5, 5.41) is 7.41. The standard InChI is InChI=1S/C24H33N3O2S/c1-3-4-5-19-6-10-21(11-7-19)26-24(30)25-18-23(27-14-16-29-17-15-27)20-8-12-22(28-2)13-9-20/h6-13,23H,3-5,14-18H2,1-2H3,(H2,25,26,30)/p+1/t23-/m1/s1. The van der Waals surface area contributed by atoms with Crippen LogP contribution in [0.2, 0.25) is 0 Å². The highest BCUT2D eigenvalue weighted by molar-refractivity contribution is 7.80. The molecule has 1 heterocycles. The van der Waals surface area contributed by atoms with Crippen molar-refractivity contribution < 1.29 is 14.4 Å². The molecule has 2 aromatic rings. The van der Waals surface area contributed by atoms with Gasteiger partial charge in [0.2, 0.25) is 0 Å². The molecule has 3 rings (SSSR count). The molecule has 6 heteroatoms. The molecule has 0 radical (unpaired) electrons. The van der Waals surface area contributed by atoms with Crippen LogP contribution < -0.4 is 20.3 Å². The fourth-order valence-electron chi connectivity index (χ4n) is 3.82. The summed E-state index contributed by atoms with van der Waals surface area (Å²) in [6.07, 6.45) is 3.57. The molecular weight excluding hydrogens is 394 g/mol. The van der Waals surface area contributed by atoms with Gasteiger partial charge in [-0.05, 0) is 67.0 Å². The fraction of sp³-hybridized carbons (Fsp3) is 0.458. The molecule has 0 aromatic heterocycles. The third kappa shape index (κ3) is 6.69. The van der Waals surface area contributed by atoms with Crippen molar-refractivity contribution in [2.45, 2.75) is 32.2 Å². The maximum Gasteiger partial charge on any atom is 0.171 e. The van der Waals surface area contributed by atoms with Crippen LogP contribution >= 0.6 is 12.2 Å². The predicted molar refractivity (Wildman–Crippen MR) is 127 cm³/mol. The van der Waals surface area contributed by atoms with Crippen LogP contribution in [0.3, 0.4) is 0 Å². The van der Waals surface area contributed by atoms with E-state index in [2.05, 4.69) is 54.0 Å². The van der Waals surface area contributed by atoms with Crippen molar-refractivity contribution in [2.75, 3.05) is 45.3 Å². The van der Waals surface area contributed by atoms with Gasteiger partial charge < -0.3 is 25.0 Å². The number of nitrogens with one attached hydrogen (secondary N) is 3. The van der Waals surface area contributed by atoms with Crippen molar-refractivity contribution in [1.29, 1.82) is 0 Å². The minimum atomic E-state index is 0.302. The topological polar surface area (TPSA) is 47.0 Å². The Balaban J connectivity index is 1.59. The van der Waals surface area contributed by atoms with Crippen LogP contribution in [-0.4, -0.2) is 45.1 Å². The summed E-state index contributed by atoms with van der Waals surface area (Å²) in [5.74, 6) is 0.877. The number of morpholine rings is 1. The fourth-order valence-corrected chi connectivity index (χ4v) is 4.02. The molecule has 30 heavy (non-hydrogen) atoms. The molecule has 1 fully saturated rings. The third-order valence-corrected chi connectivity index (χ3v) is 5.89. The van der Waals surface area contributed by atoms with Crippen LogP contribution in [0.1, 0.15) is 36.9 Å². The number of ether oxygens (including phenoxy) is 2. The van der Waals surface area contributed by atoms with E-state index < -0.39 is 0 Å². The molecule has 5 nitrogen and oxygen atoms in total. The predicted octanol–water partition coefficient (Wildman–Crippen LogP) is 2.98. The molecular formula is C24H34N3O2S+. The summed E-state index contributed by atoms with van der Waals surface area (Å²) < 4.78 is 10.9. The van der Waals surface area contributed by atoms with E-state index in [0.29, 0.717) is 11.2 Å². The minimum absolute atomic E-state index is 0.302. The largest absolute Gasteiger partial charge is 0.497 e. The average Bonchev–Trinajstić information content (AvgIpc) is 2.80. The van der Waals surface area contributed by atoms with Crippen molar-refractivity contribution in [3.05, 3.63) is 59.7 Å². The van der Waals surface area contributed by atoms with E-state index in [1.165, 1.54) is 28.9 Å². The van der Waals surface area contributed by atoms with E-state index in [0.717, 1.165) is 50.7 Å². The Morgan fingerprint density at radius 3 is 2.43 bits per heavy atom. The van der Waals surface area contributed by atoms with Crippen LogP contribution in [0.15, 0.2) is 48.5 Å². The zero-order valence-electron chi connectivity index (χ0n) is 18.1. The maximum absolute atomic E-state index is 5.57. The van der Waals surface area contributed by atoms with Crippen molar-refractivity contribution >= 4 is 23.0 Å². The van der Waals surface area contributed by atoms with E-state index in [-0.39, 0.29) is 0 Å². The molecule has 3 N–H and O–H groups in total. The first kappa shape index (κ1) is 22.5. The highest BCUT2D eigenvalue weighted by atomic mass is 32.1. The second-order valence-electron chi connectivity index (χ2n) is 7.73. The summed E-state index contributed by atoms with van der Waals surface area (Å²) in [6.45, 7) is 6.58. The van der Waals surface area contributed by atoms with Gasteiger partial charge in [0, 0.05) is 11.3 Å². The van der Waals surface area contributed by atoms with Gasteiger partial charge in [-0.25, -0.2) is 0 Å². The number of hydrogen-bond donors (Lipinski definition) is 3. The number of thiocarbonyl (C=S) groups is 1. The number of methoxy groups -OCH3 is 1. The molecule has 0 bridgehead atoms. The highest BCUT2D eigenvalue weighted by Crippen LogP contribution is 2.16. The van der Waals surface area contributed by atoms with Gasteiger partial charge in [0.05, 0.1) is 26.9 Å². The Bertz CT molecular complexity index is 774. The number of benzene rings is 2. The van der Waals surface area contributed by atoms with Crippen LogP contribution in [0.4, 0.5) is 5.69 Å². The van der Waals surface area contributed by atoms with E-state index in [4.69, 9.17) is 21.7 Å². The lowest BCUT2D eigenvalue weighted by Gasteiger charge is -2.32. The van der Waals surface area contributed by atoms with Gasteiger partial charge in [0.1, 0.15) is 24.9 Å². The van der Waals surface area contributed by atoms with Gasteiger partial charge in [-0.1, -0.05) is 25.5 Å². The average molecular weight is 429 g/mol. The van der Waals surface area contributed by atoms with E-state index >= 15 is 0 Å². The van der Waals surface area contributed by atoms with Crippen LogP contribution in [0.5, 0.6) is 5.75 Å². The number of hydrogen-bond acceptors (Lipinski definition) is 3. The first-order valence-electron chi connectivity index (χ1n) is 10.9. The first-order valence-corrected chi connectivity index (χ1v) is 11.3. The van der Waals surface area contributed by atoms with Gasteiger partial charge in [-0.15, -0.1) is 0 Å². The van der Waals surface area contributed by atoms with Crippen LogP contribution in [0, 0.1) is 0 Å². The first-order chi connectivity index (χ1) is 14.7. The van der Waals surface area contributed by atoms with Gasteiger partial charge in [0.15, 0.2) is 5.11 Å². The monoisotopic (exact) mass is 428 g/mol. The zero-order valence-corrected chi connectivity index (χ0v) is 18.9. The second-order valence-corrected chi connectivity index (χ2v) is 8.14. The van der Waals surface area contributed by atoms with Crippen molar-refractivity contribution in [3.63, 3.8) is 0 Å². The molecule has 2 aromatic carbocycles. The Hall–Kier alpha value is -2.15. The molecule has 0 spiro atoms. The maximum atomic E-state index is 5.57. The summed E-state index contributed by atoms with van der Waals surface area (Å²) in [5.41, 5.74) is 3.67. The SMILES string of the molecule is CCCCc1ccc(NC(=S)NC[C@H](c2ccc(OC)cc2)[NH+]2CCOCC2)cc1. The summed E-state index contributed by atoms with van der Waals surface area (Å²) in [7, 11) is 1.70. The lowest BCUT2D eigenvalue weighted by molar-refractivity contribution is -0.937. The smallest absolute Gasteiger partial charge is 0.171 e. The van der Waals surface area contributed by atoms with Crippen molar-refractivity contribution in [1.82, 2.24) is 5.32 Å². The molecule has 1 atom stereocenters. The summed E-state index contributed by atoms with van der Waals surface area (Å²) >= 11 is 5.57. The number of unbranched alkanes of at least 4 members (excludes halogenated alkanes) is 1. The van der Waals surface area contributed by atoms with Gasteiger partial charge in [-0.3, -0.25) is 0 Å². The molecule has 0 aliphatic carbocycles. The lowest BCUT2D eigenvalue weighted by atomic mass is 10.0. The van der Waals surface area contributed by atoms with E-state index in [1.54, 1.807) is 7.11 Å². The lowest BCUT2D eigenvalue weighted by Crippen LogP contribution is -3.15. The molecule has 0 amide bonds. The molecule has 0 unspecified atom stereocenters. The minimum Gasteiger partial charge on any atom is -0.497 e. The molecule has 162 valence electrons. The van der Waals surface area contributed by atoms with Crippen LogP contribution in [0.25, 0.3) is 0 Å². The van der Waals surface area contributed by atoms with Crippen LogP contribution in [-0.2, 0) is 11.2 Å². The summed E-state index contributed by atoms with van der Waals surface area (Å²) in [6, 6.07) is 17.2. The Morgan fingerprint density at radius 2 is 1.80 bits per heavy atom. The van der Waals surface area contributed by atoms with E-state index in [9.17, 15) is 0 Å². The quantitative estimate of drug-likeness (QED) is 0.536. The highest BCUT2D eigenvalue weighted by Gasteiger charge is 2.26. The second kappa shape index (κ2) is 11.9. The molecule has 1 saturated heterocycles. The van der Waals surface area contributed by atoms with Crippen molar-refractivity contribution in [2.24, 2.45) is 0 Å². The van der Waals surface area contributed by atoms with Gasteiger partial charge in [-0.2, -0.15) is 0 Å². The molecule has 1 aliphatic rings. The Morgan fingerprint density at radius 1 is 1.10 bits per heavy atom. The number of rotatable bonds is 9. The number of anilines is 1. The molecule has 1 aliphatic heterocycles. The summed E-state index contributed by atoms with van der Waals surface area (Å²) in [4.78, 5) is 1.52. The third-order valence-electron chi connectivity index (χ3n) is 5.64. The van der Waals surface area contributed by atoms with Gasteiger partial charge >= 0.3 is 0 Å². The Labute approximate surface area is 185 Å². The zero-order chi connectivity index (χ0) is 21.2. The van der Waals surface area contributed by atoms with Gasteiger partial charge in [0.25, 0.3) is 0 Å². The normalized spacial score (nSPS) is 15.4. The molecule has 0 saturated carbocycles. The number of quaternary nitrogens is 1. The van der Waals surface area contributed by atoms with E-state index in [1.807, 2.05) is 12.1 Å². The Kier molecular flexibility index (Phi) is 8.93.